The van der Waals surface area contributed by atoms with Crippen LogP contribution in [0.2, 0.25) is 0 Å². The molecule has 1 nitrogen and oxygen atoms in total. The van der Waals surface area contributed by atoms with Gasteiger partial charge in [0.1, 0.15) is 5.83 Å². The number of hydrogen-bond donors (Lipinski definition) is 2. The van der Waals surface area contributed by atoms with Gasteiger partial charge in [0.25, 0.3) is 0 Å². The lowest BCUT2D eigenvalue weighted by atomic mass is 10.4. The van der Waals surface area contributed by atoms with Crippen molar-refractivity contribution in [2.45, 2.75) is 0 Å². The van der Waals surface area contributed by atoms with Crippen molar-refractivity contribution >= 4 is 12.6 Å². The molecule has 0 aliphatic carbocycles. The quantitative estimate of drug-likeness (QED) is 0.498. The fraction of sp³-hybridized carbons (Fsp3) is 0.250. The molecule has 0 amide bonds. The maximum absolute atomic E-state index is 12.1. The largest absolute Gasteiger partial charge is 0.392 e. The fourth-order valence-corrected chi connectivity index (χ4v) is 0.289. The number of rotatable bonds is 3. The second-order valence-corrected chi connectivity index (χ2v) is 1.37. The van der Waals surface area contributed by atoms with Crippen LogP contribution in [0.3, 0.4) is 0 Å². The SMILES string of the molecule is C=C/C(F)=C\C=C\CO.CS. The van der Waals surface area contributed by atoms with Crippen molar-refractivity contribution in [2.24, 2.45) is 0 Å². The molecule has 0 saturated carbocycles. The molecule has 0 aromatic carbocycles. The number of allylic oxidation sites excluding steroid dienone is 4. The Balaban J connectivity index is 0. The van der Waals surface area contributed by atoms with Gasteiger partial charge in [-0.25, -0.2) is 4.39 Å². The van der Waals surface area contributed by atoms with Crippen molar-refractivity contribution in [1.29, 1.82) is 0 Å². The first-order valence-corrected chi connectivity index (χ1v) is 3.91. The highest BCUT2D eigenvalue weighted by Crippen LogP contribution is 1.95. The summed E-state index contributed by atoms with van der Waals surface area (Å²) in [6.45, 7) is 3.13. The van der Waals surface area contributed by atoms with Crippen LogP contribution in [0, 0.1) is 0 Å². The van der Waals surface area contributed by atoms with Crippen molar-refractivity contribution in [3.05, 3.63) is 36.7 Å². The summed E-state index contributed by atoms with van der Waals surface area (Å²) in [5.41, 5.74) is 0. The van der Waals surface area contributed by atoms with Crippen molar-refractivity contribution in [3.63, 3.8) is 0 Å². The first-order valence-electron chi connectivity index (χ1n) is 3.01. The molecule has 0 fully saturated rings. The molecular weight excluding hydrogens is 163 g/mol. The average Bonchev–Trinajstić information content (AvgIpc) is 2.08. The predicted molar refractivity (Wildman–Crippen MR) is 50.5 cm³/mol. The molecule has 64 valence electrons. The molecule has 0 heterocycles. The van der Waals surface area contributed by atoms with Crippen molar-refractivity contribution in [1.82, 2.24) is 0 Å². The third-order valence-electron chi connectivity index (χ3n) is 0.692. The van der Waals surface area contributed by atoms with E-state index < -0.39 is 5.83 Å². The van der Waals surface area contributed by atoms with E-state index >= 15 is 0 Å². The van der Waals surface area contributed by atoms with E-state index in [1.165, 1.54) is 18.2 Å². The minimum absolute atomic E-state index is 0.0685. The van der Waals surface area contributed by atoms with Crippen LogP contribution in [0.5, 0.6) is 0 Å². The summed E-state index contributed by atoms with van der Waals surface area (Å²) in [4.78, 5) is 0. The van der Waals surface area contributed by atoms with Crippen LogP contribution in [0.1, 0.15) is 0 Å². The molecule has 0 spiro atoms. The van der Waals surface area contributed by atoms with E-state index in [0.717, 1.165) is 6.08 Å². The van der Waals surface area contributed by atoms with Gasteiger partial charge in [0, 0.05) is 0 Å². The van der Waals surface area contributed by atoms with Gasteiger partial charge in [0.15, 0.2) is 0 Å². The first kappa shape index (κ1) is 13.1. The molecule has 11 heavy (non-hydrogen) atoms. The third-order valence-corrected chi connectivity index (χ3v) is 0.692. The van der Waals surface area contributed by atoms with E-state index in [0.29, 0.717) is 0 Å². The summed E-state index contributed by atoms with van der Waals surface area (Å²) in [5.74, 6) is -0.403. The zero-order chi connectivity index (χ0) is 9.11. The van der Waals surface area contributed by atoms with Gasteiger partial charge < -0.3 is 5.11 Å². The Bertz CT molecular complexity index is 141. The van der Waals surface area contributed by atoms with Crippen LogP contribution in [-0.4, -0.2) is 18.0 Å². The summed E-state index contributed by atoms with van der Waals surface area (Å²) >= 11 is 3.53. The zero-order valence-electron chi connectivity index (χ0n) is 6.50. The van der Waals surface area contributed by atoms with E-state index in [2.05, 4.69) is 19.2 Å². The van der Waals surface area contributed by atoms with Gasteiger partial charge >= 0.3 is 0 Å². The van der Waals surface area contributed by atoms with Gasteiger partial charge in [-0.2, -0.15) is 12.6 Å². The lowest BCUT2D eigenvalue weighted by molar-refractivity contribution is 0.343. The second kappa shape index (κ2) is 12.2. The maximum Gasteiger partial charge on any atom is 0.122 e. The number of thiol groups is 1. The van der Waals surface area contributed by atoms with Crippen molar-refractivity contribution in [3.8, 4) is 0 Å². The minimum Gasteiger partial charge on any atom is -0.392 e. The summed E-state index contributed by atoms with van der Waals surface area (Å²) in [7, 11) is 0. The summed E-state index contributed by atoms with van der Waals surface area (Å²) in [6, 6.07) is 0. The highest BCUT2D eigenvalue weighted by molar-refractivity contribution is 7.79. The molecule has 3 heteroatoms. The Morgan fingerprint density at radius 2 is 2.18 bits per heavy atom. The Kier molecular flexibility index (Phi) is 14.5. The molecule has 0 aliphatic rings. The van der Waals surface area contributed by atoms with E-state index in [4.69, 9.17) is 5.11 Å². The topological polar surface area (TPSA) is 20.2 Å². The molecule has 0 aliphatic heterocycles. The van der Waals surface area contributed by atoms with Gasteiger partial charge in [-0.05, 0) is 18.4 Å². The fourth-order valence-electron chi connectivity index (χ4n) is 0.289. The molecule has 0 atom stereocenters. The number of aliphatic hydroxyl groups excluding tert-OH is 1. The highest BCUT2D eigenvalue weighted by atomic mass is 32.1. The Labute approximate surface area is 72.3 Å². The summed E-state index contributed by atoms with van der Waals surface area (Å²) < 4.78 is 12.1. The molecule has 0 aromatic rings. The van der Waals surface area contributed by atoms with E-state index in [1.807, 2.05) is 0 Å². The van der Waals surface area contributed by atoms with E-state index in [-0.39, 0.29) is 6.61 Å². The molecule has 0 aromatic heterocycles. The van der Waals surface area contributed by atoms with Crippen LogP contribution in [0.4, 0.5) is 4.39 Å². The van der Waals surface area contributed by atoms with Crippen LogP contribution in [0.25, 0.3) is 0 Å². The molecule has 0 saturated heterocycles. The lowest BCUT2D eigenvalue weighted by Crippen LogP contribution is -1.68. The van der Waals surface area contributed by atoms with Gasteiger partial charge in [0.2, 0.25) is 0 Å². The maximum atomic E-state index is 12.1. The third kappa shape index (κ3) is 12.6. The molecule has 0 bridgehead atoms. The molecular formula is C8H13FOS. The first-order chi connectivity index (χ1) is 5.31. The average molecular weight is 176 g/mol. The van der Waals surface area contributed by atoms with Crippen LogP contribution >= 0.6 is 12.6 Å². The van der Waals surface area contributed by atoms with E-state index in [1.54, 1.807) is 6.26 Å². The summed E-state index contributed by atoms with van der Waals surface area (Å²) in [6.07, 6.45) is 6.88. The standard InChI is InChI=1S/C7H9FO.CH4S/c1-2-7(8)5-3-4-6-9;1-2/h2-5,9H,1,6H2;2H,1H3/b4-3+,7-5+;. The zero-order valence-corrected chi connectivity index (χ0v) is 7.39. The smallest absolute Gasteiger partial charge is 0.122 e. The lowest BCUT2D eigenvalue weighted by Gasteiger charge is -1.78. The van der Waals surface area contributed by atoms with E-state index in [9.17, 15) is 4.39 Å². The summed E-state index contributed by atoms with van der Waals surface area (Å²) in [5, 5.41) is 8.19. The van der Waals surface area contributed by atoms with Gasteiger partial charge in [-0.3, -0.25) is 0 Å². The minimum atomic E-state index is -0.403. The van der Waals surface area contributed by atoms with Crippen LogP contribution < -0.4 is 0 Å². The van der Waals surface area contributed by atoms with Crippen molar-refractivity contribution in [2.75, 3.05) is 12.9 Å². The Hall–Kier alpha value is -0.540. The number of hydrogen-bond acceptors (Lipinski definition) is 2. The molecule has 0 unspecified atom stereocenters. The normalized spacial score (nSPS) is 10.7. The van der Waals surface area contributed by atoms with Gasteiger partial charge in [0.05, 0.1) is 6.61 Å². The Morgan fingerprint density at radius 1 is 1.64 bits per heavy atom. The van der Waals surface area contributed by atoms with Crippen LogP contribution in [-0.2, 0) is 0 Å². The van der Waals surface area contributed by atoms with Gasteiger partial charge in [-0.15, -0.1) is 0 Å². The second-order valence-electron chi connectivity index (χ2n) is 1.37. The highest BCUT2D eigenvalue weighted by Gasteiger charge is 1.77. The predicted octanol–water partition coefficient (Wildman–Crippen LogP) is 2.12. The Morgan fingerprint density at radius 3 is 2.55 bits per heavy atom. The molecule has 0 rings (SSSR count). The van der Waals surface area contributed by atoms with Crippen LogP contribution in [0.15, 0.2) is 36.7 Å². The monoisotopic (exact) mass is 176 g/mol. The number of aliphatic hydroxyl groups is 1. The van der Waals surface area contributed by atoms with Crippen molar-refractivity contribution < 1.29 is 9.50 Å². The molecule has 1 N–H and O–H groups in total. The molecule has 0 radical (unpaired) electrons. The van der Waals surface area contributed by atoms with Gasteiger partial charge in [-0.1, -0.05) is 18.7 Å². The number of halogens is 1.